The highest BCUT2D eigenvalue weighted by molar-refractivity contribution is 9.10. The number of amides is 1. The van der Waals surface area contributed by atoms with E-state index in [2.05, 4.69) is 38.8 Å². The molecule has 1 amide bonds. The van der Waals surface area contributed by atoms with Gasteiger partial charge in [-0.25, -0.2) is 4.98 Å². The van der Waals surface area contributed by atoms with Crippen LogP contribution in [0.1, 0.15) is 61.6 Å². The molecule has 1 aromatic heterocycles. The molecule has 0 bridgehead atoms. The minimum atomic E-state index is -0.0838. The Balaban J connectivity index is 1.67. The number of nitrogens with zero attached hydrogens (tertiary/aromatic N) is 2. The molecule has 3 aromatic rings. The number of halogens is 1. The van der Waals surface area contributed by atoms with Crippen LogP contribution < -0.4 is 5.32 Å². The lowest BCUT2D eigenvalue weighted by Crippen LogP contribution is -2.24. The van der Waals surface area contributed by atoms with Crippen LogP contribution in [0.2, 0.25) is 0 Å². The van der Waals surface area contributed by atoms with Crippen molar-refractivity contribution in [3.8, 4) is 0 Å². The van der Waals surface area contributed by atoms with Gasteiger partial charge in [0.1, 0.15) is 5.82 Å². The largest absolute Gasteiger partial charge is 0.345 e. The summed E-state index contributed by atoms with van der Waals surface area (Å²) in [5.41, 5.74) is 2.77. The molecule has 28 heavy (non-hydrogen) atoms. The van der Waals surface area contributed by atoms with Crippen molar-refractivity contribution >= 4 is 32.9 Å². The second kappa shape index (κ2) is 10.4. The van der Waals surface area contributed by atoms with E-state index in [-0.39, 0.29) is 5.91 Å². The van der Waals surface area contributed by atoms with Gasteiger partial charge in [-0.05, 0) is 36.8 Å². The molecule has 0 atom stereocenters. The number of aryl methyl sites for hydroxylation is 1. The molecular formula is C23H28BrN3O. The molecule has 0 spiro atoms. The number of carbonyl (C=O) groups excluding carboxylic acids is 1. The molecule has 4 nitrogen and oxygen atoms in total. The number of benzene rings is 2. The van der Waals surface area contributed by atoms with Gasteiger partial charge in [0.25, 0.3) is 5.91 Å². The van der Waals surface area contributed by atoms with Crippen LogP contribution in [0, 0.1) is 0 Å². The smallest absolute Gasteiger partial charge is 0.251 e. The number of para-hydroxylation sites is 2. The monoisotopic (exact) mass is 441 g/mol. The van der Waals surface area contributed by atoms with Crippen LogP contribution >= 0.6 is 15.9 Å². The van der Waals surface area contributed by atoms with Crippen LogP contribution in [0.5, 0.6) is 0 Å². The first-order valence-corrected chi connectivity index (χ1v) is 11.0. The Bertz CT molecular complexity index is 919. The standard InChI is InChI=1S/C23H28BrN3O/c1-2-3-4-5-6-9-15-27-21-14-8-7-13-20(21)26-22(27)17-25-23(28)18-11-10-12-19(24)16-18/h7-8,10-14,16H,2-6,9,15,17H2,1H3,(H,25,28). The van der Waals surface area contributed by atoms with E-state index in [1.165, 1.54) is 32.1 Å². The van der Waals surface area contributed by atoms with E-state index >= 15 is 0 Å². The van der Waals surface area contributed by atoms with Crippen molar-refractivity contribution in [1.82, 2.24) is 14.9 Å². The molecule has 148 valence electrons. The molecule has 0 saturated heterocycles. The fourth-order valence-corrected chi connectivity index (χ4v) is 3.85. The minimum Gasteiger partial charge on any atom is -0.345 e. The van der Waals surface area contributed by atoms with Crippen molar-refractivity contribution in [3.05, 3.63) is 64.4 Å². The third-order valence-corrected chi connectivity index (χ3v) is 5.46. The first kappa shape index (κ1) is 20.6. The molecule has 1 N–H and O–H groups in total. The summed E-state index contributed by atoms with van der Waals surface area (Å²) in [6.07, 6.45) is 7.56. The van der Waals surface area contributed by atoms with Crippen molar-refractivity contribution in [2.75, 3.05) is 0 Å². The van der Waals surface area contributed by atoms with E-state index in [1.54, 1.807) is 0 Å². The van der Waals surface area contributed by atoms with Crippen LogP contribution in [0.25, 0.3) is 11.0 Å². The molecule has 0 fully saturated rings. The van der Waals surface area contributed by atoms with Crippen LogP contribution in [0.15, 0.2) is 53.0 Å². The molecule has 2 aromatic carbocycles. The van der Waals surface area contributed by atoms with Gasteiger partial charge < -0.3 is 9.88 Å². The second-order valence-electron chi connectivity index (χ2n) is 7.13. The number of unbranched alkanes of at least 4 members (excludes halogenated alkanes) is 5. The molecule has 0 aliphatic carbocycles. The Kier molecular flexibility index (Phi) is 7.66. The molecule has 0 aliphatic rings. The predicted molar refractivity (Wildman–Crippen MR) is 118 cm³/mol. The lowest BCUT2D eigenvalue weighted by atomic mass is 10.1. The van der Waals surface area contributed by atoms with E-state index < -0.39 is 0 Å². The molecule has 0 unspecified atom stereocenters. The topological polar surface area (TPSA) is 46.9 Å². The van der Waals surface area contributed by atoms with Gasteiger partial charge in [-0.1, -0.05) is 73.2 Å². The van der Waals surface area contributed by atoms with Crippen LogP contribution in [-0.4, -0.2) is 15.5 Å². The van der Waals surface area contributed by atoms with Crippen molar-refractivity contribution in [1.29, 1.82) is 0 Å². The average molecular weight is 442 g/mol. The van der Waals surface area contributed by atoms with Gasteiger partial charge in [0.2, 0.25) is 0 Å². The molecular weight excluding hydrogens is 414 g/mol. The molecule has 3 rings (SSSR count). The Labute approximate surface area is 175 Å². The van der Waals surface area contributed by atoms with Gasteiger partial charge in [-0.2, -0.15) is 0 Å². The van der Waals surface area contributed by atoms with Crippen molar-refractivity contribution in [2.24, 2.45) is 0 Å². The first-order valence-electron chi connectivity index (χ1n) is 10.2. The van der Waals surface area contributed by atoms with E-state index in [0.717, 1.165) is 34.3 Å². The third kappa shape index (κ3) is 5.44. The van der Waals surface area contributed by atoms with Crippen LogP contribution in [-0.2, 0) is 13.1 Å². The fraction of sp³-hybridized carbons (Fsp3) is 0.391. The summed E-state index contributed by atoms with van der Waals surface area (Å²) in [4.78, 5) is 17.3. The highest BCUT2D eigenvalue weighted by atomic mass is 79.9. The Hall–Kier alpha value is -2.14. The zero-order valence-electron chi connectivity index (χ0n) is 16.5. The van der Waals surface area contributed by atoms with Crippen LogP contribution in [0.4, 0.5) is 0 Å². The van der Waals surface area contributed by atoms with Crippen LogP contribution in [0.3, 0.4) is 0 Å². The molecule has 5 heteroatoms. The van der Waals surface area contributed by atoms with E-state index in [9.17, 15) is 4.79 Å². The normalized spacial score (nSPS) is 11.1. The summed E-state index contributed by atoms with van der Waals surface area (Å²) in [6, 6.07) is 15.6. The lowest BCUT2D eigenvalue weighted by molar-refractivity contribution is 0.0949. The maximum Gasteiger partial charge on any atom is 0.251 e. The molecule has 0 radical (unpaired) electrons. The molecule has 1 heterocycles. The summed E-state index contributed by atoms with van der Waals surface area (Å²) < 4.78 is 3.16. The number of fused-ring (bicyclic) bond motifs is 1. The van der Waals surface area contributed by atoms with Gasteiger partial charge >= 0.3 is 0 Å². The SMILES string of the molecule is CCCCCCCCn1c(CNC(=O)c2cccc(Br)c2)nc2ccccc21. The van der Waals surface area contributed by atoms with E-state index in [1.807, 2.05) is 42.5 Å². The minimum absolute atomic E-state index is 0.0838. The van der Waals surface area contributed by atoms with Gasteiger partial charge in [-0.3, -0.25) is 4.79 Å². The van der Waals surface area contributed by atoms with Gasteiger partial charge in [-0.15, -0.1) is 0 Å². The summed E-state index contributed by atoms with van der Waals surface area (Å²) >= 11 is 3.42. The van der Waals surface area contributed by atoms with E-state index in [0.29, 0.717) is 12.1 Å². The number of aromatic nitrogens is 2. The maximum atomic E-state index is 12.5. The van der Waals surface area contributed by atoms with Gasteiger partial charge in [0.15, 0.2) is 0 Å². The summed E-state index contributed by atoms with van der Waals surface area (Å²) in [6.45, 7) is 3.61. The number of rotatable bonds is 10. The maximum absolute atomic E-state index is 12.5. The Morgan fingerprint density at radius 1 is 1.04 bits per heavy atom. The van der Waals surface area contributed by atoms with Crippen molar-refractivity contribution < 1.29 is 4.79 Å². The first-order chi connectivity index (χ1) is 13.7. The Morgan fingerprint density at radius 3 is 2.64 bits per heavy atom. The zero-order valence-corrected chi connectivity index (χ0v) is 18.0. The van der Waals surface area contributed by atoms with Gasteiger partial charge in [0, 0.05) is 16.6 Å². The van der Waals surface area contributed by atoms with Crippen molar-refractivity contribution in [2.45, 2.75) is 58.5 Å². The quantitative estimate of drug-likeness (QED) is 0.386. The third-order valence-electron chi connectivity index (χ3n) is 4.96. The van der Waals surface area contributed by atoms with E-state index in [4.69, 9.17) is 4.98 Å². The number of nitrogens with one attached hydrogen (secondary N) is 1. The summed E-state index contributed by atoms with van der Waals surface area (Å²) in [5, 5.41) is 3.02. The Morgan fingerprint density at radius 2 is 1.82 bits per heavy atom. The lowest BCUT2D eigenvalue weighted by Gasteiger charge is -2.10. The number of hydrogen-bond donors (Lipinski definition) is 1. The second-order valence-corrected chi connectivity index (χ2v) is 8.04. The predicted octanol–water partition coefficient (Wildman–Crippen LogP) is 6.09. The number of hydrogen-bond acceptors (Lipinski definition) is 2. The molecule has 0 saturated carbocycles. The highest BCUT2D eigenvalue weighted by Crippen LogP contribution is 2.18. The number of carbonyl (C=O) groups is 1. The summed E-state index contributed by atoms with van der Waals surface area (Å²) in [5.74, 6) is 0.831. The fourth-order valence-electron chi connectivity index (χ4n) is 3.45. The van der Waals surface area contributed by atoms with Crippen molar-refractivity contribution in [3.63, 3.8) is 0 Å². The highest BCUT2D eigenvalue weighted by Gasteiger charge is 2.12. The zero-order chi connectivity index (χ0) is 19.8. The molecule has 0 aliphatic heterocycles. The number of imidazole rings is 1. The van der Waals surface area contributed by atoms with Gasteiger partial charge in [0.05, 0.1) is 17.6 Å². The average Bonchev–Trinajstić information content (AvgIpc) is 3.06. The summed E-state index contributed by atoms with van der Waals surface area (Å²) in [7, 11) is 0.